The second kappa shape index (κ2) is 8.96. The molecule has 0 aliphatic rings. The van der Waals surface area contributed by atoms with Crippen LogP contribution in [0, 0.1) is 19.7 Å². The largest absolute Gasteiger partial charge is 0.494 e. The lowest BCUT2D eigenvalue weighted by Crippen LogP contribution is -2.43. The molecule has 0 heterocycles. The van der Waals surface area contributed by atoms with Crippen LogP contribution in [0.2, 0.25) is 0 Å². The Balaban J connectivity index is 1.87. The molecule has 0 aliphatic heterocycles. The molecular formula is C19H20FN3O2S. The fourth-order valence-corrected chi connectivity index (χ4v) is 2.32. The van der Waals surface area contributed by atoms with Crippen LogP contribution in [0.25, 0.3) is 6.08 Å². The van der Waals surface area contributed by atoms with Crippen LogP contribution in [0.3, 0.4) is 0 Å². The molecule has 2 aromatic carbocycles. The van der Waals surface area contributed by atoms with Crippen molar-refractivity contribution < 1.29 is 13.9 Å². The van der Waals surface area contributed by atoms with Crippen molar-refractivity contribution in [3.05, 3.63) is 65.0 Å². The molecule has 0 radical (unpaired) electrons. The van der Waals surface area contributed by atoms with Gasteiger partial charge in [0.25, 0.3) is 5.91 Å². The van der Waals surface area contributed by atoms with Gasteiger partial charge in [-0.1, -0.05) is 18.2 Å². The van der Waals surface area contributed by atoms with Crippen LogP contribution in [-0.2, 0) is 4.79 Å². The first-order valence-corrected chi connectivity index (χ1v) is 8.26. The lowest BCUT2D eigenvalue weighted by molar-refractivity contribution is -0.116. The van der Waals surface area contributed by atoms with Gasteiger partial charge in [0.05, 0.1) is 7.11 Å². The Labute approximate surface area is 157 Å². The fraction of sp³-hybridized carbons (Fsp3) is 0.158. The summed E-state index contributed by atoms with van der Waals surface area (Å²) in [4.78, 5) is 11.8. The molecule has 0 saturated heterocycles. The van der Waals surface area contributed by atoms with Gasteiger partial charge < -0.3 is 10.1 Å². The van der Waals surface area contributed by atoms with E-state index in [1.54, 1.807) is 6.07 Å². The van der Waals surface area contributed by atoms with E-state index in [2.05, 4.69) is 16.2 Å². The molecule has 0 atom stereocenters. The van der Waals surface area contributed by atoms with Gasteiger partial charge in [-0.2, -0.15) is 0 Å². The maximum absolute atomic E-state index is 13.6. The minimum Gasteiger partial charge on any atom is -0.494 e. The number of carbonyl (C=O) groups is 1. The number of methoxy groups -OCH3 is 1. The Morgan fingerprint density at radius 3 is 2.65 bits per heavy atom. The summed E-state index contributed by atoms with van der Waals surface area (Å²) in [5, 5.41) is 3.28. The molecule has 0 spiro atoms. The van der Waals surface area contributed by atoms with Gasteiger partial charge >= 0.3 is 0 Å². The van der Waals surface area contributed by atoms with Crippen LogP contribution in [-0.4, -0.2) is 18.1 Å². The summed E-state index contributed by atoms with van der Waals surface area (Å²) >= 11 is 5.16. The number of amides is 1. The van der Waals surface area contributed by atoms with Crippen LogP contribution in [0.1, 0.15) is 16.7 Å². The van der Waals surface area contributed by atoms with E-state index < -0.39 is 11.7 Å². The van der Waals surface area contributed by atoms with Crippen LogP contribution in [0.5, 0.6) is 5.75 Å². The number of carbonyl (C=O) groups excluding carboxylic acids is 1. The Hall–Kier alpha value is -2.93. The number of hydrogen-bond acceptors (Lipinski definition) is 3. The topological polar surface area (TPSA) is 62.4 Å². The zero-order valence-corrected chi connectivity index (χ0v) is 15.5. The molecule has 1 amide bonds. The molecule has 0 unspecified atom stereocenters. The number of hydrogen-bond donors (Lipinski definition) is 3. The van der Waals surface area contributed by atoms with Gasteiger partial charge in [-0.3, -0.25) is 15.6 Å². The average molecular weight is 373 g/mol. The van der Waals surface area contributed by atoms with Crippen LogP contribution >= 0.6 is 12.2 Å². The zero-order chi connectivity index (χ0) is 19.1. The van der Waals surface area contributed by atoms with E-state index >= 15 is 0 Å². The summed E-state index contributed by atoms with van der Waals surface area (Å²) in [6.45, 7) is 3.99. The predicted octanol–water partition coefficient (Wildman–Crippen LogP) is 3.48. The zero-order valence-electron chi connectivity index (χ0n) is 14.7. The molecule has 5 nitrogen and oxygen atoms in total. The van der Waals surface area contributed by atoms with E-state index in [1.807, 2.05) is 32.0 Å². The van der Waals surface area contributed by atoms with Gasteiger partial charge in [-0.25, -0.2) is 4.39 Å². The molecule has 3 N–H and O–H groups in total. The second-order valence-corrected chi connectivity index (χ2v) is 5.95. The summed E-state index contributed by atoms with van der Waals surface area (Å²) in [7, 11) is 1.39. The van der Waals surface area contributed by atoms with Crippen molar-refractivity contribution in [3.63, 3.8) is 0 Å². The van der Waals surface area contributed by atoms with E-state index in [9.17, 15) is 9.18 Å². The number of nitrogens with one attached hydrogen (secondary N) is 3. The van der Waals surface area contributed by atoms with E-state index in [1.165, 1.54) is 31.4 Å². The third-order valence-corrected chi connectivity index (χ3v) is 3.96. The van der Waals surface area contributed by atoms with E-state index in [4.69, 9.17) is 17.0 Å². The SMILES string of the molecule is COc1ccc(/C=C/C(=O)NNC(=S)Nc2cccc(C)c2C)cc1F. The first kappa shape index (κ1) is 19.4. The number of anilines is 1. The van der Waals surface area contributed by atoms with Crippen LogP contribution < -0.4 is 20.9 Å². The number of rotatable bonds is 4. The first-order chi connectivity index (χ1) is 12.4. The quantitative estimate of drug-likeness (QED) is 0.435. The van der Waals surface area contributed by atoms with Crippen molar-refractivity contribution >= 4 is 35.0 Å². The highest BCUT2D eigenvalue weighted by atomic mass is 32.1. The number of ether oxygens (including phenoxy) is 1. The Morgan fingerprint density at radius 2 is 1.96 bits per heavy atom. The number of thiocarbonyl (C=S) groups is 1. The average Bonchev–Trinajstić information content (AvgIpc) is 2.62. The van der Waals surface area contributed by atoms with Gasteiger partial charge in [0.15, 0.2) is 16.7 Å². The predicted molar refractivity (Wildman–Crippen MR) is 105 cm³/mol. The number of halogens is 1. The Kier molecular flexibility index (Phi) is 6.68. The van der Waals surface area contributed by atoms with Gasteiger partial charge in [-0.05, 0) is 67.0 Å². The minimum atomic E-state index is -0.493. The summed E-state index contributed by atoms with van der Waals surface area (Å²) in [5.74, 6) is -0.769. The van der Waals surface area contributed by atoms with Crippen molar-refractivity contribution in [1.82, 2.24) is 10.9 Å². The lowest BCUT2D eigenvalue weighted by atomic mass is 10.1. The lowest BCUT2D eigenvalue weighted by Gasteiger charge is -2.13. The van der Waals surface area contributed by atoms with Crippen LogP contribution in [0.15, 0.2) is 42.5 Å². The van der Waals surface area contributed by atoms with E-state index in [0.29, 0.717) is 5.56 Å². The molecular weight excluding hydrogens is 353 g/mol. The maximum Gasteiger partial charge on any atom is 0.262 e. The first-order valence-electron chi connectivity index (χ1n) is 7.85. The number of hydrazine groups is 1. The molecule has 0 aromatic heterocycles. The fourth-order valence-electron chi connectivity index (χ4n) is 2.16. The van der Waals surface area contributed by atoms with E-state index in [0.717, 1.165) is 16.8 Å². The number of aryl methyl sites for hydroxylation is 1. The summed E-state index contributed by atoms with van der Waals surface area (Å²) < 4.78 is 18.4. The Bertz CT molecular complexity index is 853. The smallest absolute Gasteiger partial charge is 0.262 e. The number of benzene rings is 2. The minimum absolute atomic E-state index is 0.149. The van der Waals surface area contributed by atoms with Crippen molar-refractivity contribution in [1.29, 1.82) is 0 Å². The monoisotopic (exact) mass is 373 g/mol. The molecule has 0 saturated carbocycles. The van der Waals surface area contributed by atoms with Gasteiger partial charge in [0, 0.05) is 11.8 Å². The van der Waals surface area contributed by atoms with Crippen LogP contribution in [0.4, 0.5) is 10.1 Å². The summed E-state index contributed by atoms with van der Waals surface area (Å²) in [6.07, 6.45) is 2.76. The second-order valence-electron chi connectivity index (χ2n) is 5.54. The van der Waals surface area contributed by atoms with Crippen molar-refractivity contribution in [3.8, 4) is 5.75 Å². The molecule has 136 valence electrons. The summed E-state index contributed by atoms with van der Waals surface area (Å²) in [5.41, 5.74) is 8.67. The third kappa shape index (κ3) is 5.29. The van der Waals surface area contributed by atoms with Crippen molar-refractivity contribution in [2.45, 2.75) is 13.8 Å². The molecule has 2 rings (SSSR count). The standard InChI is InChI=1S/C19H20FN3O2S/c1-12-5-4-6-16(13(12)2)21-19(26)23-22-18(24)10-8-14-7-9-17(25-3)15(20)11-14/h4-11H,1-3H3,(H,22,24)(H2,21,23,26)/b10-8+. The molecule has 2 aromatic rings. The molecule has 0 bridgehead atoms. The van der Waals surface area contributed by atoms with Gasteiger partial charge in [0.1, 0.15) is 0 Å². The van der Waals surface area contributed by atoms with Crippen molar-refractivity contribution in [2.24, 2.45) is 0 Å². The molecule has 26 heavy (non-hydrogen) atoms. The highest BCUT2D eigenvalue weighted by Gasteiger charge is 2.04. The van der Waals surface area contributed by atoms with E-state index in [-0.39, 0.29) is 10.9 Å². The van der Waals surface area contributed by atoms with Crippen molar-refractivity contribution in [2.75, 3.05) is 12.4 Å². The highest BCUT2D eigenvalue weighted by Crippen LogP contribution is 2.18. The van der Waals surface area contributed by atoms with Gasteiger partial charge in [-0.15, -0.1) is 0 Å². The molecule has 0 aliphatic carbocycles. The molecule has 0 fully saturated rings. The highest BCUT2D eigenvalue weighted by molar-refractivity contribution is 7.80. The summed E-state index contributed by atoms with van der Waals surface area (Å²) in [6, 6.07) is 10.2. The normalized spacial score (nSPS) is 10.5. The Morgan fingerprint density at radius 1 is 1.19 bits per heavy atom. The van der Waals surface area contributed by atoms with Gasteiger partial charge in [0.2, 0.25) is 0 Å². The molecule has 7 heteroatoms. The maximum atomic E-state index is 13.6. The third-order valence-electron chi connectivity index (χ3n) is 3.76.